The zero-order valence-electron chi connectivity index (χ0n) is 18.4. The van der Waals surface area contributed by atoms with Gasteiger partial charge in [0.2, 0.25) is 0 Å². The maximum atomic E-state index is 12.9. The molecule has 1 amide bonds. The van der Waals surface area contributed by atoms with Crippen LogP contribution in [0.3, 0.4) is 0 Å². The number of esters is 1. The largest absolute Gasteiger partial charge is 0.456 e. The zero-order chi connectivity index (χ0) is 22.1. The van der Waals surface area contributed by atoms with Gasteiger partial charge in [0.25, 0.3) is 11.5 Å². The van der Waals surface area contributed by atoms with Gasteiger partial charge in [-0.15, -0.1) is 0 Å². The molecule has 1 N–H and O–H groups in total. The van der Waals surface area contributed by atoms with E-state index in [-0.39, 0.29) is 37.0 Å². The molecule has 168 valence electrons. The summed E-state index contributed by atoms with van der Waals surface area (Å²) in [4.78, 5) is 41.6. The number of aryl methyl sites for hydroxylation is 2. The highest BCUT2D eigenvalue weighted by Gasteiger charge is 2.17. The molecule has 1 fully saturated rings. The van der Waals surface area contributed by atoms with E-state index in [2.05, 4.69) is 17.2 Å². The number of fused-ring (bicyclic) bond motifs is 1. The molecular formula is C24H33N3O4. The number of ether oxygens (including phenoxy) is 1. The Morgan fingerprint density at radius 2 is 1.90 bits per heavy atom. The fourth-order valence-electron chi connectivity index (χ4n) is 4.08. The molecule has 3 rings (SSSR count). The molecular weight excluding hydrogens is 394 g/mol. The van der Waals surface area contributed by atoms with Gasteiger partial charge in [0, 0.05) is 19.0 Å². The molecule has 7 heteroatoms. The lowest BCUT2D eigenvalue weighted by molar-refractivity contribution is -0.148. The summed E-state index contributed by atoms with van der Waals surface area (Å²) in [6.07, 6.45) is 8.73. The van der Waals surface area contributed by atoms with Crippen LogP contribution in [0.2, 0.25) is 0 Å². The minimum absolute atomic E-state index is 0.0189. The summed E-state index contributed by atoms with van der Waals surface area (Å²) < 4.78 is 6.88. The molecule has 0 bridgehead atoms. The molecule has 0 unspecified atom stereocenters. The average molecular weight is 428 g/mol. The number of rotatable bonds is 9. The maximum absolute atomic E-state index is 12.9. The van der Waals surface area contributed by atoms with Crippen molar-refractivity contribution in [3.05, 3.63) is 40.3 Å². The smallest absolute Gasteiger partial charge is 0.306 e. The first-order valence-corrected chi connectivity index (χ1v) is 11.5. The van der Waals surface area contributed by atoms with E-state index in [4.69, 9.17) is 4.74 Å². The number of hydrogen-bond acceptors (Lipinski definition) is 5. The Labute approximate surface area is 183 Å². The van der Waals surface area contributed by atoms with Crippen molar-refractivity contribution in [3.63, 3.8) is 0 Å². The van der Waals surface area contributed by atoms with Crippen molar-refractivity contribution in [1.29, 1.82) is 0 Å². The SMILES string of the molecule is CCCCn1c(=O)c(CCC(=O)OCC(=O)NC2CCCCCC2)nc2ccccc21. The number of hydrogen-bond donors (Lipinski definition) is 1. The van der Waals surface area contributed by atoms with Gasteiger partial charge >= 0.3 is 5.97 Å². The summed E-state index contributed by atoms with van der Waals surface area (Å²) in [7, 11) is 0. The third-order valence-corrected chi connectivity index (χ3v) is 5.81. The van der Waals surface area contributed by atoms with Crippen LogP contribution >= 0.6 is 0 Å². The van der Waals surface area contributed by atoms with E-state index in [1.807, 2.05) is 24.3 Å². The summed E-state index contributed by atoms with van der Waals surface area (Å²) in [5, 5.41) is 2.96. The van der Waals surface area contributed by atoms with Gasteiger partial charge in [-0.3, -0.25) is 14.4 Å². The lowest BCUT2D eigenvalue weighted by Crippen LogP contribution is -2.37. The minimum atomic E-state index is -0.495. The summed E-state index contributed by atoms with van der Waals surface area (Å²) in [6, 6.07) is 7.72. The van der Waals surface area contributed by atoms with E-state index in [0.29, 0.717) is 12.2 Å². The minimum Gasteiger partial charge on any atom is -0.456 e. The van der Waals surface area contributed by atoms with E-state index in [9.17, 15) is 14.4 Å². The summed E-state index contributed by atoms with van der Waals surface area (Å²) >= 11 is 0. The van der Waals surface area contributed by atoms with Gasteiger partial charge in [0.05, 0.1) is 17.5 Å². The van der Waals surface area contributed by atoms with Crippen molar-refractivity contribution in [1.82, 2.24) is 14.9 Å². The second-order valence-corrected chi connectivity index (χ2v) is 8.27. The lowest BCUT2D eigenvalue weighted by Gasteiger charge is -2.16. The van der Waals surface area contributed by atoms with Crippen LogP contribution in [-0.2, 0) is 27.3 Å². The van der Waals surface area contributed by atoms with E-state index in [1.165, 1.54) is 12.8 Å². The molecule has 1 heterocycles. The van der Waals surface area contributed by atoms with E-state index >= 15 is 0 Å². The highest BCUT2D eigenvalue weighted by atomic mass is 16.5. The Hall–Kier alpha value is -2.70. The summed E-state index contributed by atoms with van der Waals surface area (Å²) in [5.74, 6) is -0.753. The molecule has 2 aromatic rings. The maximum Gasteiger partial charge on any atom is 0.306 e. The number of unbranched alkanes of at least 4 members (excludes halogenated alkanes) is 1. The Kier molecular flexibility index (Phi) is 8.62. The number of para-hydroxylation sites is 2. The van der Waals surface area contributed by atoms with Crippen molar-refractivity contribution in [3.8, 4) is 0 Å². The van der Waals surface area contributed by atoms with Gasteiger partial charge in [-0.1, -0.05) is 51.2 Å². The molecule has 1 aromatic carbocycles. The highest BCUT2D eigenvalue weighted by molar-refractivity contribution is 5.80. The molecule has 1 aliphatic rings. The molecule has 0 aliphatic heterocycles. The molecule has 0 saturated heterocycles. The fraction of sp³-hybridized carbons (Fsp3) is 0.583. The number of nitrogens with one attached hydrogen (secondary N) is 1. The van der Waals surface area contributed by atoms with Crippen LogP contribution in [0, 0.1) is 0 Å². The monoisotopic (exact) mass is 427 g/mol. The molecule has 31 heavy (non-hydrogen) atoms. The predicted octanol–water partition coefficient (Wildman–Crippen LogP) is 3.51. The van der Waals surface area contributed by atoms with E-state index < -0.39 is 5.97 Å². The molecule has 0 atom stereocenters. The Bertz CT molecular complexity index is 945. The first-order chi connectivity index (χ1) is 15.1. The Balaban J connectivity index is 1.55. The van der Waals surface area contributed by atoms with E-state index in [1.54, 1.807) is 4.57 Å². The van der Waals surface area contributed by atoms with Gasteiger partial charge in [0.1, 0.15) is 5.69 Å². The summed E-state index contributed by atoms with van der Waals surface area (Å²) in [6.45, 7) is 2.43. The zero-order valence-corrected chi connectivity index (χ0v) is 18.4. The molecule has 1 saturated carbocycles. The molecule has 7 nitrogen and oxygen atoms in total. The van der Waals surface area contributed by atoms with E-state index in [0.717, 1.165) is 49.6 Å². The van der Waals surface area contributed by atoms with Crippen LogP contribution in [0.1, 0.15) is 70.4 Å². The number of amides is 1. The van der Waals surface area contributed by atoms with Crippen molar-refractivity contribution < 1.29 is 14.3 Å². The predicted molar refractivity (Wildman–Crippen MR) is 120 cm³/mol. The molecule has 1 aliphatic carbocycles. The van der Waals surface area contributed by atoms with Gasteiger partial charge in [-0.25, -0.2) is 4.98 Å². The topological polar surface area (TPSA) is 90.3 Å². The van der Waals surface area contributed by atoms with Gasteiger partial charge in [-0.05, 0) is 31.4 Å². The number of carbonyl (C=O) groups is 2. The summed E-state index contributed by atoms with van der Waals surface area (Å²) in [5.41, 5.74) is 1.74. The van der Waals surface area contributed by atoms with Crippen molar-refractivity contribution >= 4 is 22.9 Å². The fourth-order valence-corrected chi connectivity index (χ4v) is 4.08. The van der Waals surface area contributed by atoms with Gasteiger partial charge in [-0.2, -0.15) is 0 Å². The van der Waals surface area contributed by atoms with Crippen molar-refractivity contribution in [2.45, 2.75) is 83.7 Å². The standard InChI is InChI=1S/C24H33N3O4/c1-2-3-16-27-21-13-9-8-12-19(21)26-20(24(27)30)14-15-23(29)31-17-22(28)25-18-10-6-4-5-7-11-18/h8-9,12-13,18H,2-7,10-11,14-17H2,1H3,(H,25,28). The van der Waals surface area contributed by atoms with Crippen LogP contribution in [0.4, 0.5) is 0 Å². The first-order valence-electron chi connectivity index (χ1n) is 11.5. The number of carbonyl (C=O) groups excluding carboxylic acids is 2. The molecule has 1 aromatic heterocycles. The number of nitrogens with zero attached hydrogens (tertiary/aromatic N) is 2. The second kappa shape index (κ2) is 11.6. The van der Waals surface area contributed by atoms with Gasteiger partial charge < -0.3 is 14.6 Å². The van der Waals surface area contributed by atoms with Crippen LogP contribution in [0.15, 0.2) is 29.1 Å². The Morgan fingerprint density at radius 3 is 2.65 bits per heavy atom. The van der Waals surface area contributed by atoms with Crippen molar-refractivity contribution in [2.75, 3.05) is 6.61 Å². The highest BCUT2D eigenvalue weighted by Crippen LogP contribution is 2.17. The third kappa shape index (κ3) is 6.64. The quantitative estimate of drug-likeness (QED) is 0.489. The van der Waals surface area contributed by atoms with Crippen LogP contribution in [0.25, 0.3) is 11.0 Å². The molecule has 0 spiro atoms. The van der Waals surface area contributed by atoms with Crippen molar-refractivity contribution in [2.24, 2.45) is 0 Å². The molecule has 0 radical (unpaired) electrons. The van der Waals surface area contributed by atoms with Crippen LogP contribution in [-0.4, -0.2) is 34.1 Å². The third-order valence-electron chi connectivity index (χ3n) is 5.81. The Morgan fingerprint density at radius 1 is 1.16 bits per heavy atom. The average Bonchev–Trinajstić information content (AvgIpc) is 3.04. The van der Waals surface area contributed by atoms with Gasteiger partial charge in [0.15, 0.2) is 6.61 Å². The lowest BCUT2D eigenvalue weighted by atomic mass is 10.1. The number of aromatic nitrogens is 2. The van der Waals surface area contributed by atoms with Crippen LogP contribution in [0.5, 0.6) is 0 Å². The second-order valence-electron chi connectivity index (χ2n) is 8.27. The van der Waals surface area contributed by atoms with Crippen LogP contribution < -0.4 is 10.9 Å². The first kappa shape index (κ1) is 23.0. The number of benzene rings is 1. The normalized spacial score (nSPS) is 14.9.